The van der Waals surface area contributed by atoms with Crippen molar-refractivity contribution in [2.45, 2.75) is 40.0 Å². The molecule has 0 aliphatic rings. The Balaban J connectivity index is 4.74. The zero-order valence-corrected chi connectivity index (χ0v) is 12.9. The van der Waals surface area contributed by atoms with Gasteiger partial charge in [-0.15, -0.1) is 0 Å². The number of carboxylic acids is 1. The number of carboxylic acid groups (broad SMARTS) is 1. The molecule has 0 radical (unpaired) electrons. The average Bonchev–Trinajstić information content (AvgIpc) is 2.42. The first-order valence-electron chi connectivity index (χ1n) is 6.79. The lowest BCUT2D eigenvalue weighted by molar-refractivity contribution is -0.155. The van der Waals surface area contributed by atoms with E-state index in [0.29, 0.717) is 12.8 Å². The molecule has 116 valence electrons. The second-order valence-electron chi connectivity index (χ2n) is 5.17. The number of methoxy groups -OCH3 is 1. The molecule has 0 saturated heterocycles. The molecule has 0 rings (SSSR count). The van der Waals surface area contributed by atoms with Gasteiger partial charge in [0.05, 0.1) is 18.4 Å². The molecule has 0 aliphatic carbocycles. The number of rotatable bonds is 8. The molecule has 0 heterocycles. The number of aliphatic carboxylic acids is 1. The Labute approximate surface area is 120 Å². The van der Waals surface area contributed by atoms with E-state index in [9.17, 15) is 19.5 Å². The predicted molar refractivity (Wildman–Crippen MR) is 74.1 cm³/mol. The van der Waals surface area contributed by atoms with Crippen LogP contribution in [-0.4, -0.2) is 48.6 Å². The molecule has 0 aromatic heterocycles. The van der Waals surface area contributed by atoms with Gasteiger partial charge >= 0.3 is 11.9 Å². The fourth-order valence-corrected chi connectivity index (χ4v) is 2.09. The lowest BCUT2D eigenvalue weighted by Crippen LogP contribution is -2.40. The smallest absolute Gasteiger partial charge is 0.310 e. The number of amides is 1. The quantitative estimate of drug-likeness (QED) is 0.684. The van der Waals surface area contributed by atoms with E-state index in [1.807, 2.05) is 0 Å². The minimum Gasteiger partial charge on any atom is -0.481 e. The maximum atomic E-state index is 12.1. The topological polar surface area (TPSA) is 83.9 Å². The minimum absolute atomic E-state index is 0.0558. The third kappa shape index (κ3) is 4.51. The van der Waals surface area contributed by atoms with Gasteiger partial charge in [-0.3, -0.25) is 14.4 Å². The van der Waals surface area contributed by atoms with Crippen molar-refractivity contribution < 1.29 is 24.2 Å². The van der Waals surface area contributed by atoms with Gasteiger partial charge in [-0.1, -0.05) is 20.8 Å². The Morgan fingerprint density at radius 2 is 1.75 bits per heavy atom. The summed E-state index contributed by atoms with van der Waals surface area (Å²) >= 11 is 0. The number of esters is 1. The summed E-state index contributed by atoms with van der Waals surface area (Å²) < 4.78 is 4.60. The van der Waals surface area contributed by atoms with Crippen molar-refractivity contribution in [1.82, 2.24) is 4.90 Å². The zero-order chi connectivity index (χ0) is 15.9. The van der Waals surface area contributed by atoms with Crippen molar-refractivity contribution >= 4 is 17.8 Å². The number of carbonyl (C=O) groups is 3. The van der Waals surface area contributed by atoms with E-state index in [2.05, 4.69) is 4.74 Å². The molecule has 0 aromatic carbocycles. The van der Waals surface area contributed by atoms with Crippen LogP contribution in [0, 0.1) is 11.3 Å². The van der Waals surface area contributed by atoms with Crippen LogP contribution in [0.15, 0.2) is 0 Å². The van der Waals surface area contributed by atoms with Gasteiger partial charge in [0.1, 0.15) is 0 Å². The number of nitrogens with zero attached hydrogens (tertiary/aromatic N) is 1. The molecular weight excluding hydrogens is 262 g/mol. The van der Waals surface area contributed by atoms with E-state index in [1.165, 1.54) is 12.0 Å². The van der Waals surface area contributed by atoms with Crippen molar-refractivity contribution in [2.75, 3.05) is 20.7 Å². The number of ether oxygens (including phenoxy) is 1. The van der Waals surface area contributed by atoms with E-state index >= 15 is 0 Å². The van der Waals surface area contributed by atoms with Gasteiger partial charge in [-0.05, 0) is 12.8 Å². The highest BCUT2D eigenvalue weighted by Crippen LogP contribution is 2.31. The van der Waals surface area contributed by atoms with Crippen molar-refractivity contribution in [3.05, 3.63) is 0 Å². The van der Waals surface area contributed by atoms with E-state index in [4.69, 9.17) is 0 Å². The first kappa shape index (κ1) is 18.4. The highest BCUT2D eigenvalue weighted by molar-refractivity contribution is 5.85. The Kier molecular flexibility index (Phi) is 7.24. The second-order valence-corrected chi connectivity index (χ2v) is 5.17. The lowest BCUT2D eigenvalue weighted by atomic mass is 9.79. The van der Waals surface area contributed by atoms with Crippen LogP contribution in [0.3, 0.4) is 0 Å². The SMILES string of the molecule is CCC(CC)(CC(=O)N(C)CC(C)C(=O)OC)C(=O)O. The van der Waals surface area contributed by atoms with Gasteiger partial charge < -0.3 is 14.7 Å². The summed E-state index contributed by atoms with van der Waals surface area (Å²) in [6, 6.07) is 0. The molecule has 0 fully saturated rings. The van der Waals surface area contributed by atoms with E-state index in [1.54, 1.807) is 27.8 Å². The summed E-state index contributed by atoms with van der Waals surface area (Å²) in [5.41, 5.74) is -1.03. The molecule has 0 aromatic rings. The standard InChI is InChI=1S/C14H25NO5/c1-6-14(7-2,13(18)19)8-11(16)15(4)9-10(3)12(17)20-5/h10H,6-9H2,1-5H3,(H,18,19). The molecule has 0 spiro atoms. The van der Waals surface area contributed by atoms with Crippen molar-refractivity contribution in [2.24, 2.45) is 11.3 Å². The van der Waals surface area contributed by atoms with Crippen LogP contribution in [-0.2, 0) is 19.1 Å². The van der Waals surface area contributed by atoms with Crippen molar-refractivity contribution in [3.8, 4) is 0 Å². The summed E-state index contributed by atoms with van der Waals surface area (Å²) in [6.45, 7) is 5.41. The van der Waals surface area contributed by atoms with Crippen LogP contribution in [0.1, 0.15) is 40.0 Å². The van der Waals surface area contributed by atoms with Crippen LogP contribution in [0.2, 0.25) is 0 Å². The predicted octanol–water partition coefficient (Wildman–Crippen LogP) is 1.54. The molecule has 0 saturated carbocycles. The van der Waals surface area contributed by atoms with Gasteiger partial charge in [0.15, 0.2) is 0 Å². The van der Waals surface area contributed by atoms with Crippen LogP contribution in [0.4, 0.5) is 0 Å². The highest BCUT2D eigenvalue weighted by atomic mass is 16.5. The zero-order valence-electron chi connectivity index (χ0n) is 12.9. The molecule has 1 unspecified atom stereocenters. The van der Waals surface area contributed by atoms with E-state index < -0.39 is 17.3 Å². The van der Waals surface area contributed by atoms with Crippen LogP contribution >= 0.6 is 0 Å². The minimum atomic E-state index is -1.03. The van der Waals surface area contributed by atoms with Gasteiger partial charge in [-0.25, -0.2) is 0 Å². The van der Waals surface area contributed by atoms with Gasteiger partial charge in [0.25, 0.3) is 0 Å². The summed E-state index contributed by atoms with van der Waals surface area (Å²) in [6.07, 6.45) is 0.732. The molecule has 0 bridgehead atoms. The molecule has 6 heteroatoms. The summed E-state index contributed by atoms with van der Waals surface area (Å²) in [5.74, 6) is -2.05. The summed E-state index contributed by atoms with van der Waals surface area (Å²) in [7, 11) is 2.87. The maximum absolute atomic E-state index is 12.1. The Morgan fingerprint density at radius 1 is 1.25 bits per heavy atom. The molecular formula is C14H25NO5. The molecule has 1 amide bonds. The van der Waals surface area contributed by atoms with Crippen LogP contribution < -0.4 is 0 Å². The fourth-order valence-electron chi connectivity index (χ4n) is 2.09. The molecule has 1 N–H and O–H groups in total. The van der Waals surface area contributed by atoms with Gasteiger partial charge in [0, 0.05) is 20.0 Å². The maximum Gasteiger partial charge on any atom is 0.310 e. The number of hydrogen-bond donors (Lipinski definition) is 1. The van der Waals surface area contributed by atoms with E-state index in [-0.39, 0.29) is 24.8 Å². The van der Waals surface area contributed by atoms with Crippen molar-refractivity contribution in [1.29, 1.82) is 0 Å². The number of hydrogen-bond acceptors (Lipinski definition) is 4. The first-order chi connectivity index (χ1) is 9.23. The molecule has 1 atom stereocenters. The summed E-state index contributed by atoms with van der Waals surface area (Å²) in [5, 5.41) is 9.32. The molecule has 6 nitrogen and oxygen atoms in total. The third-order valence-electron chi connectivity index (χ3n) is 3.87. The summed E-state index contributed by atoms with van der Waals surface area (Å²) in [4.78, 5) is 36.2. The normalized spacial score (nSPS) is 12.7. The number of carbonyl (C=O) groups excluding carboxylic acids is 2. The first-order valence-corrected chi connectivity index (χ1v) is 6.79. The lowest BCUT2D eigenvalue weighted by Gasteiger charge is -2.29. The largest absolute Gasteiger partial charge is 0.481 e. The van der Waals surface area contributed by atoms with Crippen LogP contribution in [0.25, 0.3) is 0 Å². The Bertz CT molecular complexity index is 363. The Morgan fingerprint density at radius 3 is 2.10 bits per heavy atom. The van der Waals surface area contributed by atoms with Crippen LogP contribution in [0.5, 0.6) is 0 Å². The fraction of sp³-hybridized carbons (Fsp3) is 0.786. The third-order valence-corrected chi connectivity index (χ3v) is 3.87. The van der Waals surface area contributed by atoms with E-state index in [0.717, 1.165) is 0 Å². The van der Waals surface area contributed by atoms with Crippen molar-refractivity contribution in [3.63, 3.8) is 0 Å². The monoisotopic (exact) mass is 287 g/mol. The highest BCUT2D eigenvalue weighted by Gasteiger charge is 2.38. The molecule has 20 heavy (non-hydrogen) atoms. The second kappa shape index (κ2) is 7.87. The average molecular weight is 287 g/mol. The molecule has 0 aliphatic heterocycles. The Hall–Kier alpha value is -1.59. The van der Waals surface area contributed by atoms with Gasteiger partial charge in [-0.2, -0.15) is 0 Å². The van der Waals surface area contributed by atoms with Gasteiger partial charge in [0.2, 0.25) is 5.91 Å².